The van der Waals surface area contributed by atoms with Gasteiger partial charge in [-0.25, -0.2) is 0 Å². The highest BCUT2D eigenvalue weighted by atomic mass is 16.7. The number of hydrogen-bond donors (Lipinski definition) is 2. The van der Waals surface area contributed by atoms with Gasteiger partial charge in [0.2, 0.25) is 5.91 Å². The molecular weight excluding hydrogens is 257 g/mol. The van der Waals surface area contributed by atoms with Crippen LogP contribution < -0.4 is 16.5 Å². The Morgan fingerprint density at radius 3 is 2.45 bits per heavy atom. The number of nitrogens with one attached hydrogen (secondary N) is 1. The van der Waals surface area contributed by atoms with E-state index in [-0.39, 0.29) is 6.54 Å². The quantitative estimate of drug-likeness (QED) is 0.772. The van der Waals surface area contributed by atoms with Crippen LogP contribution in [0.2, 0.25) is 0 Å². The second-order valence-electron chi connectivity index (χ2n) is 5.92. The van der Waals surface area contributed by atoms with E-state index in [4.69, 9.17) is 15.0 Å². The molecule has 20 heavy (non-hydrogen) atoms. The van der Waals surface area contributed by atoms with Crippen LogP contribution in [0.1, 0.15) is 27.7 Å². The van der Waals surface area contributed by atoms with E-state index in [1.807, 2.05) is 33.8 Å². The number of nitrogens with two attached hydrogens (primary N) is 1. The molecule has 108 valence electrons. The number of rotatable bonds is 4. The first-order chi connectivity index (χ1) is 9.21. The maximum absolute atomic E-state index is 10.8. The van der Waals surface area contributed by atoms with Crippen molar-refractivity contribution < 1.29 is 14.1 Å². The van der Waals surface area contributed by atoms with Gasteiger partial charge in [0.15, 0.2) is 0 Å². The van der Waals surface area contributed by atoms with Gasteiger partial charge >= 0.3 is 7.12 Å². The van der Waals surface area contributed by atoms with Gasteiger partial charge in [-0.1, -0.05) is 0 Å². The average molecular weight is 277 g/mol. The van der Waals surface area contributed by atoms with E-state index in [0.29, 0.717) is 5.69 Å². The van der Waals surface area contributed by atoms with Crippen molar-refractivity contribution in [3.63, 3.8) is 0 Å². The molecule has 0 saturated carbocycles. The number of primary amides is 1. The summed E-state index contributed by atoms with van der Waals surface area (Å²) >= 11 is 0. The Bertz CT molecular complexity index is 503. The SMILES string of the molecule is CC1(C)OB(c2cncc(NCC(N)=O)c2)OC1(C)C. The van der Waals surface area contributed by atoms with Crippen LogP contribution in [0.5, 0.6) is 0 Å². The van der Waals surface area contributed by atoms with Crippen molar-refractivity contribution in [3.05, 3.63) is 18.5 Å². The first-order valence-corrected chi connectivity index (χ1v) is 6.54. The molecule has 1 aliphatic heterocycles. The highest BCUT2D eigenvalue weighted by Crippen LogP contribution is 2.36. The summed E-state index contributed by atoms with van der Waals surface area (Å²) in [5.74, 6) is -0.425. The summed E-state index contributed by atoms with van der Waals surface area (Å²) in [5.41, 5.74) is 5.82. The molecule has 1 saturated heterocycles. The van der Waals surface area contributed by atoms with Gasteiger partial charge in [0.25, 0.3) is 0 Å². The van der Waals surface area contributed by atoms with E-state index in [1.54, 1.807) is 12.4 Å². The molecule has 1 amide bonds. The zero-order chi connectivity index (χ0) is 15.0. The fraction of sp³-hybridized carbons (Fsp3) is 0.538. The molecule has 2 rings (SSSR count). The van der Waals surface area contributed by atoms with E-state index >= 15 is 0 Å². The van der Waals surface area contributed by atoms with Gasteiger partial charge in [-0.15, -0.1) is 0 Å². The Labute approximate surface area is 119 Å². The van der Waals surface area contributed by atoms with Gasteiger partial charge in [-0.3, -0.25) is 9.78 Å². The molecule has 3 N–H and O–H groups in total. The number of nitrogens with zero attached hydrogens (tertiary/aromatic N) is 1. The van der Waals surface area contributed by atoms with Crippen molar-refractivity contribution in [1.82, 2.24) is 4.98 Å². The number of amides is 1. The first-order valence-electron chi connectivity index (χ1n) is 6.54. The van der Waals surface area contributed by atoms with Crippen molar-refractivity contribution in [2.24, 2.45) is 5.73 Å². The molecule has 0 aromatic carbocycles. The molecular formula is C13H20BN3O3. The molecule has 1 fully saturated rings. The summed E-state index contributed by atoms with van der Waals surface area (Å²) in [6.45, 7) is 8.05. The summed E-state index contributed by atoms with van der Waals surface area (Å²) in [6, 6.07) is 1.85. The minimum absolute atomic E-state index is 0.0640. The fourth-order valence-corrected chi connectivity index (χ4v) is 1.85. The smallest absolute Gasteiger partial charge is 0.399 e. The Balaban J connectivity index is 2.14. The minimum atomic E-state index is -0.470. The molecule has 1 aromatic heterocycles. The largest absolute Gasteiger partial charge is 0.496 e. The van der Waals surface area contributed by atoms with E-state index in [0.717, 1.165) is 5.46 Å². The number of hydrogen-bond acceptors (Lipinski definition) is 5. The Hall–Kier alpha value is -1.60. The van der Waals surface area contributed by atoms with E-state index in [1.165, 1.54) is 0 Å². The summed E-state index contributed by atoms with van der Waals surface area (Å²) in [4.78, 5) is 14.9. The number of carbonyl (C=O) groups excluding carboxylic acids is 1. The third kappa shape index (κ3) is 2.94. The molecule has 1 aliphatic rings. The molecule has 0 unspecified atom stereocenters. The lowest BCUT2D eigenvalue weighted by molar-refractivity contribution is -0.116. The summed E-state index contributed by atoms with van der Waals surface area (Å²) in [5, 5.41) is 2.90. The normalized spacial score (nSPS) is 19.9. The standard InChI is InChI=1S/C13H20BN3O3/c1-12(2)13(3,4)20-14(19-12)9-5-10(7-16-6-9)17-8-11(15)18/h5-7,17H,8H2,1-4H3,(H2,15,18). The van der Waals surface area contributed by atoms with Crippen LogP contribution in [-0.2, 0) is 14.1 Å². The van der Waals surface area contributed by atoms with Gasteiger partial charge in [-0.05, 0) is 33.8 Å². The van der Waals surface area contributed by atoms with Crippen LogP contribution in [0.4, 0.5) is 5.69 Å². The first kappa shape index (κ1) is 14.8. The zero-order valence-corrected chi connectivity index (χ0v) is 12.3. The van der Waals surface area contributed by atoms with Crippen molar-refractivity contribution in [2.45, 2.75) is 38.9 Å². The van der Waals surface area contributed by atoms with Crippen molar-refractivity contribution >= 4 is 24.2 Å². The molecule has 0 radical (unpaired) electrons. The molecule has 2 heterocycles. The monoisotopic (exact) mass is 277 g/mol. The Morgan fingerprint density at radius 1 is 1.30 bits per heavy atom. The second-order valence-corrected chi connectivity index (χ2v) is 5.92. The predicted octanol–water partition coefficient (Wildman–Crippen LogP) is 0.278. The minimum Gasteiger partial charge on any atom is -0.399 e. The maximum atomic E-state index is 10.8. The van der Waals surface area contributed by atoms with Crippen LogP contribution in [0.25, 0.3) is 0 Å². The maximum Gasteiger partial charge on any atom is 0.496 e. The van der Waals surface area contributed by atoms with Crippen LogP contribution >= 0.6 is 0 Å². The second kappa shape index (κ2) is 5.07. The molecule has 1 aromatic rings. The van der Waals surface area contributed by atoms with E-state index in [9.17, 15) is 4.79 Å². The van der Waals surface area contributed by atoms with Crippen LogP contribution in [0.3, 0.4) is 0 Å². The van der Waals surface area contributed by atoms with E-state index < -0.39 is 24.2 Å². The zero-order valence-electron chi connectivity index (χ0n) is 12.3. The van der Waals surface area contributed by atoms with Crippen molar-refractivity contribution in [1.29, 1.82) is 0 Å². The molecule has 0 aliphatic carbocycles. The van der Waals surface area contributed by atoms with E-state index in [2.05, 4.69) is 10.3 Å². The van der Waals surface area contributed by atoms with Crippen LogP contribution in [-0.4, -0.2) is 35.8 Å². The summed E-state index contributed by atoms with van der Waals surface area (Å²) < 4.78 is 11.9. The third-order valence-corrected chi connectivity index (χ3v) is 3.75. The molecule has 7 heteroatoms. The Morgan fingerprint density at radius 2 is 1.90 bits per heavy atom. The van der Waals surface area contributed by atoms with Crippen molar-refractivity contribution in [2.75, 3.05) is 11.9 Å². The topological polar surface area (TPSA) is 86.5 Å². The van der Waals surface area contributed by atoms with Crippen LogP contribution in [0, 0.1) is 0 Å². The highest BCUT2D eigenvalue weighted by molar-refractivity contribution is 6.62. The lowest BCUT2D eigenvalue weighted by Crippen LogP contribution is -2.41. The van der Waals surface area contributed by atoms with Crippen LogP contribution in [0.15, 0.2) is 18.5 Å². The van der Waals surface area contributed by atoms with Gasteiger partial charge in [0.05, 0.1) is 23.4 Å². The number of carbonyl (C=O) groups is 1. The third-order valence-electron chi connectivity index (χ3n) is 3.75. The number of pyridine rings is 1. The van der Waals surface area contributed by atoms with Gasteiger partial charge in [-0.2, -0.15) is 0 Å². The predicted molar refractivity (Wildman–Crippen MR) is 77.6 cm³/mol. The molecule has 6 nitrogen and oxygen atoms in total. The van der Waals surface area contributed by atoms with Gasteiger partial charge in [0.1, 0.15) is 0 Å². The Kier molecular flexibility index (Phi) is 3.75. The number of anilines is 1. The van der Waals surface area contributed by atoms with Gasteiger partial charge in [0, 0.05) is 17.9 Å². The molecule has 0 spiro atoms. The summed E-state index contributed by atoms with van der Waals surface area (Å²) in [6.07, 6.45) is 3.31. The highest BCUT2D eigenvalue weighted by Gasteiger charge is 2.51. The molecule has 0 atom stereocenters. The van der Waals surface area contributed by atoms with Gasteiger partial charge < -0.3 is 20.4 Å². The van der Waals surface area contributed by atoms with Crippen molar-refractivity contribution in [3.8, 4) is 0 Å². The lowest BCUT2D eigenvalue weighted by atomic mass is 9.80. The number of aromatic nitrogens is 1. The molecule has 0 bridgehead atoms. The summed E-state index contributed by atoms with van der Waals surface area (Å²) in [7, 11) is -0.470. The fourth-order valence-electron chi connectivity index (χ4n) is 1.85. The lowest BCUT2D eigenvalue weighted by Gasteiger charge is -2.32. The average Bonchev–Trinajstić information content (AvgIpc) is 2.56.